The number of pyridine rings is 1. The smallest absolute Gasteiger partial charge is 0.255 e. The summed E-state index contributed by atoms with van der Waals surface area (Å²) in [6, 6.07) is 5.04. The first-order chi connectivity index (χ1) is 11.9. The van der Waals surface area contributed by atoms with E-state index in [9.17, 15) is 13.6 Å². The molecular weight excluding hydrogens is 328 g/mol. The largest absolute Gasteiger partial charge is 0.380 e. The lowest BCUT2D eigenvalue weighted by Gasteiger charge is -2.22. The van der Waals surface area contributed by atoms with Crippen LogP contribution in [0.5, 0.6) is 0 Å². The van der Waals surface area contributed by atoms with Gasteiger partial charge in [0.2, 0.25) is 0 Å². The Labute approximate surface area is 144 Å². The van der Waals surface area contributed by atoms with Crippen LogP contribution in [-0.4, -0.2) is 30.1 Å². The van der Waals surface area contributed by atoms with Crippen LogP contribution in [-0.2, 0) is 11.3 Å². The normalized spacial score (nSPS) is 15.5. The first-order valence-electron chi connectivity index (χ1n) is 7.98. The van der Waals surface area contributed by atoms with E-state index in [1.54, 1.807) is 7.11 Å². The maximum atomic E-state index is 14.1. The number of carbonyl (C=O) groups is 1. The minimum absolute atomic E-state index is 0.122. The molecule has 7 heteroatoms. The summed E-state index contributed by atoms with van der Waals surface area (Å²) in [7, 11) is 1.59. The maximum Gasteiger partial charge on any atom is 0.255 e. The van der Waals surface area contributed by atoms with Crippen LogP contribution in [0.4, 0.5) is 14.5 Å². The predicted octanol–water partition coefficient (Wildman–Crippen LogP) is 3.11. The number of methoxy groups -OCH3 is 1. The topological polar surface area (TPSA) is 63.2 Å². The van der Waals surface area contributed by atoms with Gasteiger partial charge in [-0.1, -0.05) is 6.07 Å². The van der Waals surface area contributed by atoms with Gasteiger partial charge in [-0.3, -0.25) is 4.79 Å². The van der Waals surface area contributed by atoms with E-state index in [0.29, 0.717) is 16.9 Å². The molecule has 1 amide bonds. The summed E-state index contributed by atoms with van der Waals surface area (Å²) in [5.41, 5.74) is 1.28. The predicted molar refractivity (Wildman–Crippen MR) is 90.3 cm³/mol. The molecule has 132 valence electrons. The number of aromatic nitrogens is 1. The molecule has 0 saturated carbocycles. The van der Waals surface area contributed by atoms with E-state index in [4.69, 9.17) is 4.74 Å². The molecule has 0 aliphatic carbocycles. The van der Waals surface area contributed by atoms with Crippen molar-refractivity contribution in [3.05, 3.63) is 47.2 Å². The highest BCUT2D eigenvalue weighted by Crippen LogP contribution is 2.32. The monoisotopic (exact) mass is 347 g/mol. The van der Waals surface area contributed by atoms with E-state index in [-0.39, 0.29) is 35.9 Å². The molecule has 1 aromatic heterocycles. The van der Waals surface area contributed by atoms with Crippen molar-refractivity contribution in [2.45, 2.75) is 32.5 Å². The number of carbonyl (C=O) groups excluding carboxylic acids is 1. The molecule has 25 heavy (non-hydrogen) atoms. The molecular formula is C18H19F2N3O2. The SMILES string of the molecule is COC(C)[C@H](C)Nc1cc(-c2c(F)cccc2F)nc2c1C(=O)NC2. The molecule has 1 aromatic carbocycles. The number of hydrogen-bond donors (Lipinski definition) is 2. The molecule has 2 atom stereocenters. The number of nitrogens with one attached hydrogen (secondary N) is 2. The van der Waals surface area contributed by atoms with Crippen LogP contribution in [0.2, 0.25) is 0 Å². The van der Waals surface area contributed by atoms with Gasteiger partial charge in [-0.05, 0) is 32.0 Å². The fraction of sp³-hybridized carbons (Fsp3) is 0.333. The second-order valence-electron chi connectivity index (χ2n) is 6.03. The molecule has 0 saturated heterocycles. The molecule has 1 aliphatic heterocycles. The third kappa shape index (κ3) is 3.19. The van der Waals surface area contributed by atoms with E-state index in [2.05, 4.69) is 15.6 Å². The number of anilines is 1. The zero-order valence-corrected chi connectivity index (χ0v) is 14.2. The summed E-state index contributed by atoms with van der Waals surface area (Å²) in [6.45, 7) is 4.01. The van der Waals surface area contributed by atoms with Crippen LogP contribution in [0.15, 0.2) is 24.3 Å². The quantitative estimate of drug-likeness (QED) is 0.872. The van der Waals surface area contributed by atoms with Gasteiger partial charge in [-0.15, -0.1) is 0 Å². The van der Waals surface area contributed by atoms with E-state index in [1.807, 2.05) is 13.8 Å². The van der Waals surface area contributed by atoms with Crippen LogP contribution in [0.3, 0.4) is 0 Å². The van der Waals surface area contributed by atoms with Crippen LogP contribution < -0.4 is 10.6 Å². The number of fused-ring (bicyclic) bond motifs is 1. The summed E-state index contributed by atoms with van der Waals surface area (Å²) >= 11 is 0. The number of hydrogen-bond acceptors (Lipinski definition) is 4. The average Bonchev–Trinajstić information content (AvgIpc) is 2.95. The Morgan fingerprint density at radius 1 is 1.24 bits per heavy atom. The summed E-state index contributed by atoms with van der Waals surface area (Å²) < 4.78 is 33.6. The average molecular weight is 347 g/mol. The molecule has 2 heterocycles. The highest BCUT2D eigenvalue weighted by molar-refractivity contribution is 6.03. The van der Waals surface area contributed by atoms with Crippen molar-refractivity contribution < 1.29 is 18.3 Å². The van der Waals surface area contributed by atoms with Crippen molar-refractivity contribution in [3.63, 3.8) is 0 Å². The van der Waals surface area contributed by atoms with Crippen molar-refractivity contribution in [2.24, 2.45) is 0 Å². The van der Waals surface area contributed by atoms with E-state index >= 15 is 0 Å². The number of benzene rings is 1. The standard InChI is InChI=1S/C18H19F2N3O2/c1-9(10(2)25-3)22-14-7-13(16-11(19)5-4-6-12(16)20)23-15-8-21-18(24)17(14)15/h4-7,9-10H,8H2,1-3H3,(H,21,24)(H,22,23)/t9-,10?/m0/s1. The Hall–Kier alpha value is -2.54. The lowest BCUT2D eigenvalue weighted by molar-refractivity contribution is 0.0964. The number of rotatable bonds is 5. The number of nitrogens with zero attached hydrogens (tertiary/aromatic N) is 1. The number of amides is 1. The fourth-order valence-corrected chi connectivity index (χ4v) is 2.78. The van der Waals surface area contributed by atoms with E-state index < -0.39 is 11.6 Å². The van der Waals surface area contributed by atoms with Crippen LogP contribution >= 0.6 is 0 Å². The molecule has 0 spiro atoms. The molecule has 0 bridgehead atoms. The lowest BCUT2D eigenvalue weighted by atomic mass is 10.0. The highest BCUT2D eigenvalue weighted by atomic mass is 19.1. The summed E-state index contributed by atoms with van der Waals surface area (Å²) in [4.78, 5) is 16.4. The molecule has 2 aromatic rings. The van der Waals surface area contributed by atoms with Gasteiger partial charge < -0.3 is 15.4 Å². The van der Waals surface area contributed by atoms with E-state index in [0.717, 1.165) is 0 Å². The van der Waals surface area contributed by atoms with Crippen molar-refractivity contribution in [2.75, 3.05) is 12.4 Å². The van der Waals surface area contributed by atoms with Crippen LogP contribution in [0, 0.1) is 11.6 Å². The Morgan fingerprint density at radius 2 is 1.92 bits per heavy atom. The molecule has 5 nitrogen and oxygen atoms in total. The Balaban J connectivity index is 2.11. The number of ether oxygens (including phenoxy) is 1. The first kappa shape index (κ1) is 17.3. The highest BCUT2D eigenvalue weighted by Gasteiger charge is 2.28. The summed E-state index contributed by atoms with van der Waals surface area (Å²) in [5, 5.41) is 5.89. The second-order valence-corrected chi connectivity index (χ2v) is 6.03. The third-order valence-corrected chi connectivity index (χ3v) is 4.42. The number of halogens is 2. The van der Waals surface area contributed by atoms with Gasteiger partial charge in [-0.2, -0.15) is 0 Å². The van der Waals surface area contributed by atoms with Crippen LogP contribution in [0.25, 0.3) is 11.3 Å². The van der Waals surface area contributed by atoms with Gasteiger partial charge in [0, 0.05) is 13.2 Å². The fourth-order valence-electron chi connectivity index (χ4n) is 2.78. The first-order valence-corrected chi connectivity index (χ1v) is 7.98. The van der Waals surface area contributed by atoms with Gasteiger partial charge in [0.05, 0.1) is 40.9 Å². The van der Waals surface area contributed by atoms with Crippen molar-refractivity contribution >= 4 is 11.6 Å². The van der Waals surface area contributed by atoms with Crippen molar-refractivity contribution in [1.82, 2.24) is 10.3 Å². The Kier molecular flexibility index (Phi) is 4.67. The molecule has 2 N–H and O–H groups in total. The Bertz CT molecular complexity index is 806. The minimum Gasteiger partial charge on any atom is -0.380 e. The van der Waals surface area contributed by atoms with Gasteiger partial charge in [0.15, 0.2) is 0 Å². The van der Waals surface area contributed by atoms with E-state index in [1.165, 1.54) is 24.3 Å². The van der Waals surface area contributed by atoms with Gasteiger partial charge >= 0.3 is 0 Å². The molecule has 1 unspecified atom stereocenters. The van der Waals surface area contributed by atoms with Crippen molar-refractivity contribution in [1.29, 1.82) is 0 Å². The Morgan fingerprint density at radius 3 is 2.56 bits per heavy atom. The zero-order valence-electron chi connectivity index (χ0n) is 14.2. The van der Waals surface area contributed by atoms with Crippen LogP contribution in [0.1, 0.15) is 29.9 Å². The molecule has 1 aliphatic rings. The molecule has 0 radical (unpaired) electrons. The summed E-state index contributed by atoms with van der Waals surface area (Å²) in [6.07, 6.45) is -0.123. The van der Waals surface area contributed by atoms with Gasteiger partial charge in [0.1, 0.15) is 11.6 Å². The van der Waals surface area contributed by atoms with Crippen molar-refractivity contribution in [3.8, 4) is 11.3 Å². The minimum atomic E-state index is -0.700. The second kappa shape index (κ2) is 6.76. The summed E-state index contributed by atoms with van der Waals surface area (Å²) in [5.74, 6) is -1.66. The third-order valence-electron chi connectivity index (χ3n) is 4.42. The van der Waals surface area contributed by atoms with Gasteiger partial charge in [0.25, 0.3) is 5.91 Å². The molecule has 3 rings (SSSR count). The van der Waals surface area contributed by atoms with Gasteiger partial charge in [-0.25, -0.2) is 13.8 Å². The molecule has 0 fully saturated rings. The lowest BCUT2D eigenvalue weighted by Crippen LogP contribution is -2.30. The maximum absolute atomic E-state index is 14.1. The zero-order chi connectivity index (χ0) is 18.1.